The van der Waals surface area contributed by atoms with Crippen LogP contribution in [0, 0.1) is 5.92 Å². The molecule has 0 bridgehead atoms. The Labute approximate surface area is 231 Å². The van der Waals surface area contributed by atoms with Gasteiger partial charge in [-0.3, -0.25) is 9.78 Å². The number of hydrogen-bond acceptors (Lipinski definition) is 6. The van der Waals surface area contributed by atoms with Crippen LogP contribution in [0.3, 0.4) is 0 Å². The lowest BCUT2D eigenvalue weighted by molar-refractivity contribution is 0.0853. The number of likely N-dealkylation sites (tertiary alicyclic amines) is 1. The van der Waals surface area contributed by atoms with E-state index in [-0.39, 0.29) is 24.1 Å². The lowest BCUT2D eigenvalue weighted by atomic mass is 9.96. The summed E-state index contributed by atoms with van der Waals surface area (Å²) in [6.07, 6.45) is 12.3. The predicted molar refractivity (Wildman–Crippen MR) is 156 cm³/mol. The minimum absolute atomic E-state index is 0. The highest BCUT2D eigenvalue weighted by Gasteiger charge is 2.24. The third kappa shape index (κ3) is 6.50. The molecule has 2 aliphatic rings. The van der Waals surface area contributed by atoms with Crippen molar-refractivity contribution in [1.29, 1.82) is 0 Å². The standard InChI is InChI=1S/C30H40N4O3.ClH/c1-3-4-15-34-21-27(25-9-14-32-19-26(25)30(34)35)23-5-6-28(29(18-23)36-2)37-24-10-16-33(17-11-24)20-22-7-12-31-13-8-22;/h5-6,9,14,18-19,21-22,24,31H,3-4,7-8,10-13,15-17,20H2,1-2H3;1H. The van der Waals surface area contributed by atoms with E-state index in [0.717, 1.165) is 85.8 Å². The van der Waals surface area contributed by atoms with Gasteiger partial charge in [-0.05, 0) is 80.3 Å². The molecule has 0 amide bonds. The molecule has 0 atom stereocenters. The molecule has 0 unspecified atom stereocenters. The van der Waals surface area contributed by atoms with E-state index in [1.54, 1.807) is 19.5 Å². The smallest absolute Gasteiger partial charge is 0.260 e. The molecule has 2 saturated heterocycles. The van der Waals surface area contributed by atoms with Crippen molar-refractivity contribution in [3.63, 3.8) is 0 Å². The number of halogens is 1. The SMILES string of the molecule is CCCCn1cc(-c2ccc(OC3CCN(CC4CCNCC4)CC3)c(OC)c2)c2ccncc2c1=O.Cl. The maximum absolute atomic E-state index is 13.0. The first-order valence-electron chi connectivity index (χ1n) is 13.9. The summed E-state index contributed by atoms with van der Waals surface area (Å²) in [6, 6.07) is 8.05. The van der Waals surface area contributed by atoms with Crippen molar-refractivity contribution in [2.24, 2.45) is 5.92 Å². The van der Waals surface area contributed by atoms with E-state index < -0.39 is 0 Å². The molecule has 8 heteroatoms. The summed E-state index contributed by atoms with van der Waals surface area (Å²) >= 11 is 0. The molecule has 7 nitrogen and oxygen atoms in total. The highest BCUT2D eigenvalue weighted by molar-refractivity contribution is 5.95. The molecule has 206 valence electrons. The minimum Gasteiger partial charge on any atom is -0.493 e. The molecule has 1 N–H and O–H groups in total. The van der Waals surface area contributed by atoms with Crippen LogP contribution in [0.25, 0.3) is 21.9 Å². The van der Waals surface area contributed by atoms with E-state index >= 15 is 0 Å². The molecular weight excluding hydrogens is 500 g/mol. The van der Waals surface area contributed by atoms with E-state index in [0.29, 0.717) is 11.9 Å². The molecule has 2 fully saturated rings. The minimum atomic E-state index is 0. The van der Waals surface area contributed by atoms with Crippen LogP contribution in [-0.2, 0) is 6.54 Å². The van der Waals surface area contributed by atoms with Crippen LogP contribution in [0.5, 0.6) is 11.5 Å². The van der Waals surface area contributed by atoms with Gasteiger partial charge in [-0.2, -0.15) is 0 Å². The molecule has 0 aliphatic carbocycles. The van der Waals surface area contributed by atoms with E-state index in [2.05, 4.69) is 28.2 Å². The summed E-state index contributed by atoms with van der Waals surface area (Å²) in [4.78, 5) is 19.9. The van der Waals surface area contributed by atoms with Crippen LogP contribution >= 0.6 is 12.4 Å². The summed E-state index contributed by atoms with van der Waals surface area (Å²) < 4.78 is 14.1. The van der Waals surface area contributed by atoms with Gasteiger partial charge in [0, 0.05) is 50.3 Å². The van der Waals surface area contributed by atoms with E-state index in [1.807, 2.05) is 29.0 Å². The molecule has 0 saturated carbocycles. The number of benzene rings is 1. The Bertz CT molecular complexity index is 1250. The maximum atomic E-state index is 13.0. The average Bonchev–Trinajstić information content (AvgIpc) is 2.95. The number of fused-ring (bicyclic) bond motifs is 1. The number of ether oxygens (including phenoxy) is 2. The van der Waals surface area contributed by atoms with Crippen molar-refractivity contribution in [2.75, 3.05) is 39.8 Å². The van der Waals surface area contributed by atoms with Gasteiger partial charge in [0.15, 0.2) is 11.5 Å². The molecule has 2 aliphatic heterocycles. The second-order valence-electron chi connectivity index (χ2n) is 10.5. The Kier molecular flexibility index (Phi) is 10.1. The van der Waals surface area contributed by atoms with Crippen LogP contribution in [-0.4, -0.2) is 60.4 Å². The van der Waals surface area contributed by atoms with Crippen molar-refractivity contribution in [1.82, 2.24) is 19.8 Å². The zero-order valence-corrected chi connectivity index (χ0v) is 23.5. The molecule has 0 spiro atoms. The van der Waals surface area contributed by atoms with E-state index in [9.17, 15) is 4.79 Å². The summed E-state index contributed by atoms with van der Waals surface area (Å²) in [5, 5.41) is 5.02. The van der Waals surface area contributed by atoms with Crippen LogP contribution < -0.4 is 20.3 Å². The maximum Gasteiger partial charge on any atom is 0.260 e. The average molecular weight is 541 g/mol. The molecular formula is C30H41ClN4O3. The summed E-state index contributed by atoms with van der Waals surface area (Å²) in [7, 11) is 1.69. The predicted octanol–water partition coefficient (Wildman–Crippen LogP) is 5.14. The Hall–Kier alpha value is -2.61. The number of pyridine rings is 2. The number of unbranched alkanes of at least 4 members (excludes halogenated alkanes) is 1. The Morgan fingerprint density at radius 3 is 2.58 bits per heavy atom. The van der Waals surface area contributed by atoms with Crippen molar-refractivity contribution >= 4 is 23.2 Å². The lowest BCUT2D eigenvalue weighted by Crippen LogP contribution is -2.42. The normalized spacial score (nSPS) is 17.3. The Morgan fingerprint density at radius 1 is 1.05 bits per heavy atom. The fraction of sp³-hybridized carbons (Fsp3) is 0.533. The van der Waals surface area contributed by atoms with Crippen LogP contribution in [0.15, 0.2) is 47.7 Å². The second-order valence-corrected chi connectivity index (χ2v) is 10.5. The van der Waals surface area contributed by atoms with Gasteiger partial charge in [-0.15, -0.1) is 12.4 Å². The molecule has 4 heterocycles. The molecule has 0 radical (unpaired) electrons. The first kappa shape index (κ1) is 28.4. The number of aromatic nitrogens is 2. The molecule has 5 rings (SSSR count). The number of piperidine rings is 2. The molecule has 3 aromatic rings. The summed E-state index contributed by atoms with van der Waals surface area (Å²) in [6.45, 7) is 8.55. The molecule has 1 aromatic carbocycles. The number of nitrogens with one attached hydrogen (secondary N) is 1. The van der Waals surface area contributed by atoms with Gasteiger partial charge in [0.05, 0.1) is 12.5 Å². The van der Waals surface area contributed by atoms with Crippen molar-refractivity contribution in [3.05, 3.63) is 53.2 Å². The Morgan fingerprint density at radius 2 is 1.84 bits per heavy atom. The number of aryl methyl sites for hydroxylation is 1. The lowest BCUT2D eigenvalue weighted by Gasteiger charge is -2.35. The van der Waals surface area contributed by atoms with Gasteiger partial charge in [0.1, 0.15) is 6.10 Å². The van der Waals surface area contributed by atoms with Gasteiger partial charge in [-0.25, -0.2) is 0 Å². The zero-order chi connectivity index (χ0) is 25.6. The van der Waals surface area contributed by atoms with Crippen molar-refractivity contribution < 1.29 is 9.47 Å². The quantitative estimate of drug-likeness (QED) is 0.405. The van der Waals surface area contributed by atoms with Crippen LogP contribution in [0.2, 0.25) is 0 Å². The number of rotatable bonds is 9. The monoisotopic (exact) mass is 540 g/mol. The topological polar surface area (TPSA) is 68.6 Å². The molecule has 2 aromatic heterocycles. The highest BCUT2D eigenvalue weighted by Crippen LogP contribution is 2.36. The van der Waals surface area contributed by atoms with E-state index in [1.165, 1.54) is 19.4 Å². The number of methoxy groups -OCH3 is 1. The Balaban J connectivity index is 0.00000336. The van der Waals surface area contributed by atoms with Gasteiger partial charge in [-0.1, -0.05) is 19.4 Å². The van der Waals surface area contributed by atoms with Gasteiger partial charge in [0.25, 0.3) is 5.56 Å². The van der Waals surface area contributed by atoms with E-state index in [4.69, 9.17) is 9.47 Å². The first-order chi connectivity index (χ1) is 18.2. The highest BCUT2D eigenvalue weighted by atomic mass is 35.5. The third-order valence-corrected chi connectivity index (χ3v) is 7.92. The van der Waals surface area contributed by atoms with Gasteiger partial charge < -0.3 is 24.3 Å². The van der Waals surface area contributed by atoms with Crippen LogP contribution in [0.4, 0.5) is 0 Å². The fourth-order valence-electron chi connectivity index (χ4n) is 5.71. The van der Waals surface area contributed by atoms with Gasteiger partial charge >= 0.3 is 0 Å². The number of hydrogen-bond donors (Lipinski definition) is 1. The fourth-order valence-corrected chi connectivity index (χ4v) is 5.71. The second kappa shape index (κ2) is 13.5. The summed E-state index contributed by atoms with van der Waals surface area (Å²) in [5.74, 6) is 2.34. The zero-order valence-electron chi connectivity index (χ0n) is 22.7. The van der Waals surface area contributed by atoms with Crippen LogP contribution in [0.1, 0.15) is 45.4 Å². The van der Waals surface area contributed by atoms with Crippen molar-refractivity contribution in [2.45, 2.75) is 58.1 Å². The van der Waals surface area contributed by atoms with Crippen molar-refractivity contribution in [3.8, 4) is 22.6 Å². The first-order valence-corrected chi connectivity index (χ1v) is 13.9. The third-order valence-electron chi connectivity index (χ3n) is 7.92. The largest absolute Gasteiger partial charge is 0.493 e. The molecule has 38 heavy (non-hydrogen) atoms. The summed E-state index contributed by atoms with van der Waals surface area (Å²) in [5.41, 5.74) is 2.02. The number of nitrogens with zero attached hydrogens (tertiary/aromatic N) is 3. The van der Waals surface area contributed by atoms with Gasteiger partial charge in [0.2, 0.25) is 0 Å².